The third-order valence-corrected chi connectivity index (χ3v) is 17.6. The number of fused-ring (bicyclic) bond motifs is 7. The second-order valence-electron chi connectivity index (χ2n) is 21.7. The van der Waals surface area contributed by atoms with Crippen LogP contribution in [0.15, 0.2) is 55.0 Å². The predicted octanol–water partition coefficient (Wildman–Crippen LogP) is 9.21. The minimum atomic E-state index is -1.07. The number of carbonyl (C=O) groups excluding carboxylic acids is 1. The molecule has 358 valence electrons. The zero-order chi connectivity index (χ0) is 46.9. The van der Waals surface area contributed by atoms with Gasteiger partial charge >= 0.3 is 0 Å². The van der Waals surface area contributed by atoms with Crippen LogP contribution in [0.1, 0.15) is 174 Å². The molecule has 0 unspecified atom stereocenters. The SMILES string of the molecule is CCCCC[C@H](C(=O)CCc1cc2c(cc1O)OC#CC1(CCCC1)[C@H]1C#C[C@@H](O)c3ccc4c5c3[C@H](c3c[nH]c6cn(cc36)[C@@H]1O2)C1(CCCC1)C[C@@H]5CN[C@H]4N)[C@H](O)[C@@H]1C=C[C@@H](C)C[C@H]1O. The van der Waals surface area contributed by atoms with Crippen molar-refractivity contribution in [2.24, 2.45) is 40.2 Å². The van der Waals surface area contributed by atoms with Crippen LogP contribution in [-0.4, -0.2) is 54.5 Å². The van der Waals surface area contributed by atoms with Gasteiger partial charge in [-0.05, 0) is 108 Å². The highest BCUT2D eigenvalue weighted by molar-refractivity contribution is 5.85. The number of aromatic hydroxyl groups is 1. The Balaban J connectivity index is 0.990. The largest absolute Gasteiger partial charge is 0.508 e. The number of carbonyl (C=O) groups is 1. The highest BCUT2D eigenvalue weighted by Crippen LogP contribution is 2.64. The number of ketones is 1. The van der Waals surface area contributed by atoms with Crippen LogP contribution in [0.5, 0.6) is 17.2 Å². The highest BCUT2D eigenvalue weighted by atomic mass is 16.5. The minimum absolute atomic E-state index is 0.0138. The molecule has 0 amide bonds. The van der Waals surface area contributed by atoms with Crippen LogP contribution < -0.4 is 20.5 Å². The van der Waals surface area contributed by atoms with Crippen LogP contribution in [0, 0.1) is 58.4 Å². The van der Waals surface area contributed by atoms with E-state index in [-0.39, 0.29) is 53.5 Å². The van der Waals surface area contributed by atoms with Crippen LogP contribution in [0.2, 0.25) is 0 Å². The summed E-state index contributed by atoms with van der Waals surface area (Å²) in [5.74, 6) is 9.99. The molecule has 3 aliphatic heterocycles. The van der Waals surface area contributed by atoms with Crippen molar-refractivity contribution >= 4 is 16.7 Å². The zero-order valence-corrected chi connectivity index (χ0v) is 39.6. The lowest BCUT2D eigenvalue weighted by Crippen LogP contribution is -2.45. The van der Waals surface area contributed by atoms with Gasteiger partial charge in [0.2, 0.25) is 0 Å². The number of phenolic OH excluding ortho intramolecular Hbond substituents is 1. The number of Topliss-reactive ketones (excluding diaryl/α,β-unsaturated/α-hetero) is 1. The van der Waals surface area contributed by atoms with Gasteiger partial charge in [0.1, 0.15) is 23.7 Å². The lowest BCUT2D eigenvalue weighted by atomic mass is 9.55. The van der Waals surface area contributed by atoms with Crippen LogP contribution >= 0.6 is 0 Å². The van der Waals surface area contributed by atoms with Crippen molar-refractivity contribution in [1.82, 2.24) is 14.9 Å². The lowest BCUT2D eigenvalue weighted by molar-refractivity contribution is -0.129. The van der Waals surface area contributed by atoms with E-state index in [0.717, 1.165) is 92.8 Å². The van der Waals surface area contributed by atoms with Gasteiger partial charge in [0.15, 0.2) is 17.7 Å². The average molecular weight is 921 g/mol. The molecule has 4 aromatic rings. The summed E-state index contributed by atoms with van der Waals surface area (Å²) in [6.45, 7) is 4.96. The Kier molecular flexibility index (Phi) is 12.1. The van der Waals surface area contributed by atoms with E-state index in [0.29, 0.717) is 30.1 Å². The molecular weight excluding hydrogens is 853 g/mol. The molecule has 11 rings (SSSR count). The molecule has 5 heterocycles. The second-order valence-corrected chi connectivity index (χ2v) is 21.7. The van der Waals surface area contributed by atoms with Gasteiger partial charge in [0.05, 0.1) is 35.2 Å². The number of nitrogens with one attached hydrogen (secondary N) is 2. The van der Waals surface area contributed by atoms with E-state index in [1.165, 1.54) is 35.6 Å². The third kappa shape index (κ3) is 7.78. The van der Waals surface area contributed by atoms with E-state index >= 15 is 0 Å². The Morgan fingerprint density at radius 3 is 2.57 bits per heavy atom. The number of phenols is 1. The maximum Gasteiger partial charge on any atom is 0.191 e. The van der Waals surface area contributed by atoms with E-state index in [9.17, 15) is 25.2 Å². The number of nitrogens with two attached hydrogens (primary N) is 1. The number of ether oxygens (including phenoxy) is 2. The molecule has 0 radical (unpaired) electrons. The summed E-state index contributed by atoms with van der Waals surface area (Å²) in [5.41, 5.74) is 13.4. The number of aliphatic hydroxyl groups excluding tert-OH is 3. The molecular formula is C57H68N4O7. The fourth-order valence-electron chi connectivity index (χ4n) is 14.1. The number of aryl methyl sites for hydroxylation is 1. The van der Waals surface area contributed by atoms with Crippen molar-refractivity contribution in [2.75, 3.05) is 6.54 Å². The van der Waals surface area contributed by atoms with Crippen molar-refractivity contribution in [1.29, 1.82) is 0 Å². The average Bonchev–Trinajstić information content (AvgIpc) is 4.16. The number of benzene rings is 2. The lowest BCUT2D eigenvalue weighted by Gasteiger charge is -2.50. The number of allylic oxidation sites excluding steroid dienone is 1. The summed E-state index contributed by atoms with van der Waals surface area (Å²) in [6.07, 6.45) is 22.9. The molecule has 4 aliphatic carbocycles. The first kappa shape index (κ1) is 45.4. The summed E-state index contributed by atoms with van der Waals surface area (Å²) < 4.78 is 15.6. The number of nitrogens with zero attached hydrogens (tertiary/aromatic N) is 1. The van der Waals surface area contributed by atoms with Crippen molar-refractivity contribution < 1.29 is 34.7 Å². The molecule has 7 aliphatic rings. The summed E-state index contributed by atoms with van der Waals surface area (Å²) in [4.78, 5) is 17.9. The zero-order valence-electron chi connectivity index (χ0n) is 39.6. The molecule has 11 nitrogen and oxygen atoms in total. The van der Waals surface area contributed by atoms with Gasteiger partial charge in [-0.2, -0.15) is 0 Å². The molecule has 2 fully saturated rings. The monoisotopic (exact) mass is 921 g/mol. The van der Waals surface area contributed by atoms with Gasteiger partial charge in [0, 0.05) is 60.8 Å². The van der Waals surface area contributed by atoms with E-state index in [1.807, 2.05) is 19.1 Å². The minimum Gasteiger partial charge on any atom is -0.508 e. The van der Waals surface area contributed by atoms with Gasteiger partial charge in [-0.1, -0.05) is 101 Å². The Morgan fingerprint density at radius 1 is 0.985 bits per heavy atom. The molecule has 2 spiro atoms. The summed E-state index contributed by atoms with van der Waals surface area (Å²) >= 11 is 0. The maximum absolute atomic E-state index is 14.2. The molecule has 68 heavy (non-hydrogen) atoms. The number of aliphatic hydroxyl groups is 3. The Bertz CT molecular complexity index is 2730. The van der Waals surface area contributed by atoms with Gasteiger partial charge < -0.3 is 45.2 Å². The molecule has 2 aromatic heterocycles. The normalized spacial score (nSPS) is 30.1. The number of hydrogen-bond donors (Lipinski definition) is 7. The molecule has 11 atom stereocenters. The summed E-state index contributed by atoms with van der Waals surface area (Å²) in [6, 6.07) is 7.49. The molecule has 2 saturated carbocycles. The van der Waals surface area contributed by atoms with Gasteiger partial charge in [-0.15, -0.1) is 0 Å². The maximum atomic E-state index is 14.2. The van der Waals surface area contributed by atoms with Crippen molar-refractivity contribution in [3.63, 3.8) is 0 Å². The topological polar surface area (TPSA) is 175 Å². The van der Waals surface area contributed by atoms with Gasteiger partial charge in [-0.3, -0.25) is 10.1 Å². The Morgan fingerprint density at radius 2 is 1.78 bits per heavy atom. The molecule has 2 bridgehead atoms. The number of H-pyrrole nitrogens is 1. The van der Waals surface area contributed by atoms with E-state index in [2.05, 4.69) is 76.4 Å². The highest BCUT2D eigenvalue weighted by Gasteiger charge is 2.53. The number of aromatic amines is 1. The third-order valence-electron chi connectivity index (χ3n) is 17.6. The Hall–Kier alpha value is -5.01. The number of unbranched alkanes of at least 4 members (excludes halogenated alkanes) is 2. The second kappa shape index (κ2) is 18.1. The molecule has 2 aromatic carbocycles. The van der Waals surface area contributed by atoms with Crippen LogP contribution in [0.25, 0.3) is 10.9 Å². The first-order chi connectivity index (χ1) is 33.0. The fourth-order valence-corrected chi connectivity index (χ4v) is 14.1. The standard InChI is InChI=1S/C57H68N4O7/c1-3-4-5-10-37(53(66)38-13-11-33(2)25-47(38)65)45(63)17-12-34-26-49-48(27-46(34)64)67-24-23-56(19-6-7-20-56)42-16-18-44(62)36-14-15-39-50-35(29-60-54(39)58)28-57(21-8-9-22-57)52(51(36)50)40-30-59-43-32-61(31-41(40)43)55(42)68-49/h11,13-15,26-27,30-33,35,37-38,42,44,47,52-55,59-60,62,64-66H,3-10,12,17,19-22,25,28-29,58H2,1-2H3/t33-,35-,37-,38-,42+,44-,47-,52+,53+,54-,55-/m1/s1. The smallest absolute Gasteiger partial charge is 0.191 e. The van der Waals surface area contributed by atoms with Gasteiger partial charge in [-0.25, -0.2) is 0 Å². The van der Waals surface area contributed by atoms with E-state index in [4.69, 9.17) is 15.2 Å². The molecule has 8 N–H and O–H groups in total. The van der Waals surface area contributed by atoms with E-state index in [1.54, 1.807) is 6.07 Å². The van der Waals surface area contributed by atoms with Crippen molar-refractivity contribution in [2.45, 2.75) is 159 Å². The summed E-state index contributed by atoms with van der Waals surface area (Å²) in [5, 5.41) is 51.5. The Labute approximate surface area is 400 Å². The predicted molar refractivity (Wildman–Crippen MR) is 260 cm³/mol. The van der Waals surface area contributed by atoms with Gasteiger partial charge in [0.25, 0.3) is 0 Å². The van der Waals surface area contributed by atoms with E-state index < -0.39 is 47.7 Å². The number of hydrogen-bond acceptors (Lipinski definition) is 9. The van der Waals surface area contributed by atoms with Crippen molar-refractivity contribution in [3.8, 4) is 41.1 Å². The van der Waals surface area contributed by atoms with Crippen molar-refractivity contribution in [3.05, 3.63) is 88.4 Å². The van der Waals surface area contributed by atoms with Crippen LogP contribution in [-0.2, 0) is 11.2 Å². The molecule has 11 heteroatoms. The van der Waals surface area contributed by atoms with Crippen LogP contribution in [0.4, 0.5) is 0 Å². The molecule has 0 saturated heterocycles. The summed E-state index contributed by atoms with van der Waals surface area (Å²) in [7, 11) is 0. The number of aromatic nitrogens is 2. The first-order valence-electron chi connectivity index (χ1n) is 25.8. The number of rotatable bonds is 10. The fraction of sp³-hybridized carbons (Fsp3) is 0.561. The van der Waals surface area contributed by atoms with Crippen LogP contribution in [0.3, 0.4) is 0 Å². The first-order valence-corrected chi connectivity index (χ1v) is 25.8. The quantitative estimate of drug-likeness (QED) is 0.0465.